The Morgan fingerprint density at radius 3 is 2.84 bits per heavy atom. The molecular formula is C15H22FNOS. The van der Waals surface area contributed by atoms with Crippen LogP contribution in [0, 0.1) is 5.82 Å². The van der Waals surface area contributed by atoms with Crippen molar-refractivity contribution >= 4 is 11.8 Å². The molecule has 2 nitrogen and oxygen atoms in total. The molecule has 4 heteroatoms. The number of fused-ring (bicyclic) bond motifs is 1. The molecule has 0 saturated heterocycles. The number of benzene rings is 1. The zero-order valence-corrected chi connectivity index (χ0v) is 12.6. The number of hydrogen-bond donors (Lipinski definition) is 1. The summed E-state index contributed by atoms with van der Waals surface area (Å²) in [5.74, 6) is 1.53. The van der Waals surface area contributed by atoms with Crippen molar-refractivity contribution in [2.45, 2.75) is 43.7 Å². The SMILES string of the molecule is CCCNC1c2c(F)ccc(OC)c2CSC1CC. The summed E-state index contributed by atoms with van der Waals surface area (Å²) >= 11 is 1.89. The van der Waals surface area contributed by atoms with Gasteiger partial charge in [0.15, 0.2) is 0 Å². The number of halogens is 1. The molecule has 0 aliphatic carbocycles. The Balaban J connectivity index is 2.42. The van der Waals surface area contributed by atoms with E-state index in [1.165, 1.54) is 6.07 Å². The van der Waals surface area contributed by atoms with E-state index < -0.39 is 0 Å². The van der Waals surface area contributed by atoms with Crippen LogP contribution in [0.25, 0.3) is 0 Å². The lowest BCUT2D eigenvalue weighted by atomic mass is 9.95. The second-order valence-electron chi connectivity index (χ2n) is 4.83. The summed E-state index contributed by atoms with van der Waals surface area (Å²) in [5, 5.41) is 3.94. The van der Waals surface area contributed by atoms with E-state index in [9.17, 15) is 4.39 Å². The maximum Gasteiger partial charge on any atom is 0.128 e. The normalized spacial score (nSPS) is 22.1. The largest absolute Gasteiger partial charge is 0.496 e. The number of thioether (sulfide) groups is 1. The van der Waals surface area contributed by atoms with Crippen molar-refractivity contribution in [3.63, 3.8) is 0 Å². The fraction of sp³-hybridized carbons (Fsp3) is 0.600. The van der Waals surface area contributed by atoms with E-state index >= 15 is 0 Å². The number of ether oxygens (including phenoxy) is 1. The summed E-state index contributed by atoms with van der Waals surface area (Å²) in [6.07, 6.45) is 2.10. The van der Waals surface area contributed by atoms with Gasteiger partial charge < -0.3 is 10.1 Å². The van der Waals surface area contributed by atoms with Gasteiger partial charge in [-0.1, -0.05) is 13.8 Å². The Bertz CT molecular complexity index is 438. The molecule has 2 rings (SSSR count). The van der Waals surface area contributed by atoms with Gasteiger partial charge in [-0.25, -0.2) is 4.39 Å². The molecule has 1 aliphatic rings. The molecule has 0 saturated carbocycles. The highest BCUT2D eigenvalue weighted by Crippen LogP contribution is 2.43. The first-order valence-electron chi connectivity index (χ1n) is 6.93. The summed E-state index contributed by atoms with van der Waals surface area (Å²) < 4.78 is 19.7. The fourth-order valence-corrected chi connectivity index (χ4v) is 3.99. The van der Waals surface area contributed by atoms with Crippen molar-refractivity contribution in [1.82, 2.24) is 5.32 Å². The van der Waals surface area contributed by atoms with Crippen LogP contribution in [0.5, 0.6) is 5.75 Å². The predicted octanol–water partition coefficient (Wildman–Crippen LogP) is 3.90. The van der Waals surface area contributed by atoms with Crippen molar-refractivity contribution in [1.29, 1.82) is 0 Å². The zero-order chi connectivity index (χ0) is 13.8. The topological polar surface area (TPSA) is 21.3 Å². The minimum atomic E-state index is -0.108. The van der Waals surface area contributed by atoms with E-state index in [1.807, 2.05) is 11.8 Å². The molecule has 1 heterocycles. The van der Waals surface area contributed by atoms with Crippen molar-refractivity contribution in [3.05, 3.63) is 29.1 Å². The van der Waals surface area contributed by atoms with E-state index in [1.54, 1.807) is 13.2 Å². The number of nitrogens with one attached hydrogen (secondary N) is 1. The van der Waals surface area contributed by atoms with E-state index in [0.29, 0.717) is 5.25 Å². The van der Waals surface area contributed by atoms with Crippen LogP contribution in [-0.2, 0) is 5.75 Å². The number of hydrogen-bond acceptors (Lipinski definition) is 3. The third kappa shape index (κ3) is 2.90. The van der Waals surface area contributed by atoms with Crippen LogP contribution in [0.4, 0.5) is 4.39 Å². The average Bonchev–Trinajstić information content (AvgIpc) is 2.45. The molecule has 2 atom stereocenters. The predicted molar refractivity (Wildman–Crippen MR) is 79.4 cm³/mol. The highest BCUT2D eigenvalue weighted by molar-refractivity contribution is 7.99. The first kappa shape index (κ1) is 14.7. The Morgan fingerprint density at radius 1 is 1.42 bits per heavy atom. The van der Waals surface area contributed by atoms with Crippen LogP contribution in [0.1, 0.15) is 43.9 Å². The lowest BCUT2D eigenvalue weighted by Crippen LogP contribution is -2.34. The third-order valence-electron chi connectivity index (χ3n) is 3.62. The smallest absolute Gasteiger partial charge is 0.128 e. The fourth-order valence-electron chi connectivity index (χ4n) is 2.65. The van der Waals surface area contributed by atoms with E-state index in [0.717, 1.165) is 42.0 Å². The first-order valence-corrected chi connectivity index (χ1v) is 7.98. The third-order valence-corrected chi connectivity index (χ3v) is 5.11. The summed E-state index contributed by atoms with van der Waals surface area (Å²) in [4.78, 5) is 0. The second kappa shape index (κ2) is 6.62. The first-order chi connectivity index (χ1) is 9.22. The van der Waals surface area contributed by atoms with E-state index in [-0.39, 0.29) is 11.9 Å². The second-order valence-corrected chi connectivity index (χ2v) is 6.06. The van der Waals surface area contributed by atoms with Gasteiger partial charge in [0.05, 0.1) is 7.11 Å². The minimum absolute atomic E-state index is 0.0915. The van der Waals surface area contributed by atoms with Crippen molar-refractivity contribution in [2.24, 2.45) is 0 Å². The molecule has 1 aliphatic heterocycles. The Morgan fingerprint density at radius 2 is 2.21 bits per heavy atom. The molecule has 1 aromatic rings. The molecule has 0 amide bonds. The van der Waals surface area contributed by atoms with E-state index in [2.05, 4.69) is 19.2 Å². The molecule has 1 aromatic carbocycles. The Labute approximate surface area is 119 Å². The van der Waals surface area contributed by atoms with Gasteiger partial charge in [-0.15, -0.1) is 0 Å². The van der Waals surface area contributed by atoms with Gasteiger partial charge in [0, 0.05) is 28.2 Å². The van der Waals surface area contributed by atoms with Gasteiger partial charge in [-0.05, 0) is 31.5 Å². The monoisotopic (exact) mass is 283 g/mol. The van der Waals surface area contributed by atoms with Crippen LogP contribution in [-0.4, -0.2) is 18.9 Å². The quantitative estimate of drug-likeness (QED) is 0.885. The van der Waals surface area contributed by atoms with Gasteiger partial charge in [-0.2, -0.15) is 11.8 Å². The lowest BCUT2D eigenvalue weighted by molar-refractivity contribution is 0.402. The molecule has 19 heavy (non-hydrogen) atoms. The van der Waals surface area contributed by atoms with Gasteiger partial charge >= 0.3 is 0 Å². The molecule has 0 bridgehead atoms. The van der Waals surface area contributed by atoms with Crippen LogP contribution in [0.2, 0.25) is 0 Å². The van der Waals surface area contributed by atoms with Gasteiger partial charge in [0.2, 0.25) is 0 Å². The van der Waals surface area contributed by atoms with Crippen molar-refractivity contribution < 1.29 is 9.13 Å². The summed E-state index contributed by atoms with van der Waals surface area (Å²) in [6.45, 7) is 5.21. The Hall–Kier alpha value is -0.740. The van der Waals surface area contributed by atoms with Crippen molar-refractivity contribution in [2.75, 3.05) is 13.7 Å². The lowest BCUT2D eigenvalue weighted by Gasteiger charge is -2.34. The molecule has 106 valence electrons. The maximum absolute atomic E-state index is 14.3. The molecule has 0 aromatic heterocycles. The van der Waals surface area contributed by atoms with Crippen molar-refractivity contribution in [3.8, 4) is 5.75 Å². The van der Waals surface area contributed by atoms with Gasteiger partial charge in [0.25, 0.3) is 0 Å². The zero-order valence-electron chi connectivity index (χ0n) is 11.8. The number of rotatable bonds is 5. The molecule has 0 fully saturated rings. The summed E-state index contributed by atoms with van der Waals surface area (Å²) in [6, 6.07) is 3.35. The van der Waals surface area contributed by atoms with Crippen LogP contribution in [0.3, 0.4) is 0 Å². The highest BCUT2D eigenvalue weighted by Gasteiger charge is 2.32. The van der Waals surface area contributed by atoms with Crippen LogP contribution in [0.15, 0.2) is 12.1 Å². The molecule has 0 spiro atoms. The van der Waals surface area contributed by atoms with Crippen LogP contribution < -0.4 is 10.1 Å². The Kier molecular flexibility index (Phi) is 5.11. The maximum atomic E-state index is 14.3. The molecular weight excluding hydrogens is 261 g/mol. The molecule has 1 N–H and O–H groups in total. The standard InChI is InChI=1S/C15H22FNOS/c1-4-8-17-15-13(5-2)19-9-10-12(18-3)7-6-11(16)14(10)15/h6-7,13,15,17H,4-5,8-9H2,1-3H3. The minimum Gasteiger partial charge on any atom is -0.496 e. The summed E-state index contributed by atoms with van der Waals surface area (Å²) in [5.41, 5.74) is 1.84. The molecule has 2 unspecified atom stereocenters. The van der Waals surface area contributed by atoms with E-state index in [4.69, 9.17) is 4.74 Å². The summed E-state index contributed by atoms with van der Waals surface area (Å²) in [7, 11) is 1.65. The average molecular weight is 283 g/mol. The number of methoxy groups -OCH3 is 1. The molecule has 0 radical (unpaired) electrons. The van der Waals surface area contributed by atoms with Crippen LogP contribution >= 0.6 is 11.8 Å². The van der Waals surface area contributed by atoms with Gasteiger partial charge in [0.1, 0.15) is 11.6 Å². The highest BCUT2D eigenvalue weighted by atomic mass is 32.2. The van der Waals surface area contributed by atoms with Gasteiger partial charge in [-0.3, -0.25) is 0 Å².